The van der Waals surface area contributed by atoms with Crippen LogP contribution in [0.2, 0.25) is 0 Å². The summed E-state index contributed by atoms with van der Waals surface area (Å²) in [5.41, 5.74) is 0.155. The van der Waals surface area contributed by atoms with Crippen molar-refractivity contribution in [2.75, 3.05) is 0 Å². The highest BCUT2D eigenvalue weighted by atomic mass is 79.9. The molecule has 0 saturated heterocycles. The van der Waals surface area contributed by atoms with Crippen LogP contribution < -0.4 is 5.32 Å². The molecule has 1 amide bonds. The molecular formula is C13H9BrFNO4. The van der Waals surface area contributed by atoms with Crippen LogP contribution in [0.25, 0.3) is 0 Å². The van der Waals surface area contributed by atoms with Crippen molar-refractivity contribution in [3.8, 4) is 0 Å². The van der Waals surface area contributed by atoms with Gasteiger partial charge in [0.05, 0.1) is 6.54 Å². The Balaban J connectivity index is 2.02. The van der Waals surface area contributed by atoms with Gasteiger partial charge in [0.15, 0.2) is 0 Å². The molecule has 0 saturated carbocycles. The standard InChI is InChI=1S/C13H9BrFNO4/c14-8-3-7(4-9(15)5-8)12(17)16-6-10-1-2-11(20-10)13(18)19/h1-5H,6H2,(H,16,17)(H,18,19). The molecule has 1 heterocycles. The van der Waals surface area contributed by atoms with E-state index in [1.807, 2.05) is 0 Å². The van der Waals surface area contributed by atoms with Crippen molar-refractivity contribution in [3.05, 3.63) is 57.7 Å². The van der Waals surface area contributed by atoms with Gasteiger partial charge in [-0.25, -0.2) is 9.18 Å². The molecule has 104 valence electrons. The Morgan fingerprint density at radius 2 is 2.05 bits per heavy atom. The first-order valence-electron chi connectivity index (χ1n) is 5.52. The first-order valence-corrected chi connectivity index (χ1v) is 6.31. The van der Waals surface area contributed by atoms with Gasteiger partial charge in [0.2, 0.25) is 5.76 Å². The highest BCUT2D eigenvalue weighted by Gasteiger charge is 2.11. The van der Waals surface area contributed by atoms with Crippen LogP contribution in [0.1, 0.15) is 26.7 Å². The molecule has 0 atom stereocenters. The van der Waals surface area contributed by atoms with E-state index in [0.29, 0.717) is 10.2 Å². The Hall–Kier alpha value is -2.15. The molecule has 0 aliphatic heterocycles. The summed E-state index contributed by atoms with van der Waals surface area (Å²) in [4.78, 5) is 22.4. The van der Waals surface area contributed by atoms with Crippen LogP contribution in [-0.2, 0) is 6.54 Å². The molecule has 1 aromatic carbocycles. The second kappa shape index (κ2) is 5.87. The average molecular weight is 342 g/mol. The van der Waals surface area contributed by atoms with E-state index in [1.165, 1.54) is 24.3 Å². The Morgan fingerprint density at radius 3 is 2.65 bits per heavy atom. The molecule has 2 N–H and O–H groups in total. The number of amides is 1. The summed E-state index contributed by atoms with van der Waals surface area (Å²) >= 11 is 3.09. The number of halogens is 2. The zero-order valence-electron chi connectivity index (χ0n) is 10.0. The summed E-state index contributed by atoms with van der Waals surface area (Å²) in [6.45, 7) is 0.0141. The summed E-state index contributed by atoms with van der Waals surface area (Å²) in [5.74, 6) is -2.11. The zero-order chi connectivity index (χ0) is 14.7. The first-order chi connectivity index (χ1) is 9.45. The third-order valence-electron chi connectivity index (χ3n) is 2.42. The van der Waals surface area contributed by atoms with Crippen LogP contribution in [0.3, 0.4) is 0 Å². The Morgan fingerprint density at radius 1 is 1.30 bits per heavy atom. The predicted molar refractivity (Wildman–Crippen MR) is 70.9 cm³/mol. The molecule has 0 spiro atoms. The third kappa shape index (κ3) is 3.45. The van der Waals surface area contributed by atoms with Crippen molar-refractivity contribution in [1.29, 1.82) is 0 Å². The molecule has 0 fully saturated rings. The summed E-state index contributed by atoms with van der Waals surface area (Å²) in [7, 11) is 0. The van der Waals surface area contributed by atoms with Gasteiger partial charge in [-0.05, 0) is 30.3 Å². The van der Waals surface area contributed by atoms with Gasteiger partial charge >= 0.3 is 5.97 Å². The number of carbonyl (C=O) groups is 2. The molecule has 2 aromatic rings. The van der Waals surface area contributed by atoms with Crippen molar-refractivity contribution in [1.82, 2.24) is 5.32 Å². The van der Waals surface area contributed by atoms with E-state index < -0.39 is 17.7 Å². The second-order valence-corrected chi connectivity index (χ2v) is 4.83. The maximum atomic E-state index is 13.1. The summed E-state index contributed by atoms with van der Waals surface area (Å²) in [6, 6.07) is 6.56. The minimum absolute atomic E-state index is 0.0141. The molecule has 0 unspecified atom stereocenters. The summed E-state index contributed by atoms with van der Waals surface area (Å²) < 4.78 is 18.6. The first kappa shape index (κ1) is 14.3. The van der Waals surface area contributed by atoms with E-state index in [9.17, 15) is 14.0 Å². The normalized spacial score (nSPS) is 10.3. The molecule has 1 aromatic heterocycles. The number of aromatic carboxylic acids is 1. The van der Waals surface area contributed by atoms with Crippen LogP contribution >= 0.6 is 15.9 Å². The van der Waals surface area contributed by atoms with E-state index in [4.69, 9.17) is 9.52 Å². The largest absolute Gasteiger partial charge is 0.475 e. The maximum Gasteiger partial charge on any atom is 0.371 e. The van der Waals surface area contributed by atoms with Crippen molar-refractivity contribution >= 4 is 27.8 Å². The van der Waals surface area contributed by atoms with Crippen molar-refractivity contribution < 1.29 is 23.5 Å². The van der Waals surface area contributed by atoms with E-state index in [2.05, 4.69) is 21.2 Å². The Labute approximate surface area is 121 Å². The smallest absolute Gasteiger partial charge is 0.371 e. The SMILES string of the molecule is O=C(NCc1ccc(C(=O)O)o1)c1cc(F)cc(Br)c1. The van der Waals surface area contributed by atoms with Crippen molar-refractivity contribution in [2.24, 2.45) is 0 Å². The zero-order valence-corrected chi connectivity index (χ0v) is 11.6. The number of benzene rings is 1. The number of carboxylic acid groups (broad SMARTS) is 1. The fraction of sp³-hybridized carbons (Fsp3) is 0.0769. The minimum Gasteiger partial charge on any atom is -0.475 e. The van der Waals surface area contributed by atoms with Gasteiger partial charge in [-0.15, -0.1) is 0 Å². The molecule has 0 aliphatic rings. The van der Waals surface area contributed by atoms with Gasteiger partial charge in [-0.3, -0.25) is 4.79 Å². The molecule has 20 heavy (non-hydrogen) atoms. The number of hydrogen-bond acceptors (Lipinski definition) is 3. The molecule has 0 bridgehead atoms. The lowest BCUT2D eigenvalue weighted by atomic mass is 10.2. The number of nitrogens with one attached hydrogen (secondary N) is 1. The van der Waals surface area contributed by atoms with Crippen LogP contribution in [-0.4, -0.2) is 17.0 Å². The Kier molecular flexibility index (Phi) is 4.19. The van der Waals surface area contributed by atoms with Gasteiger partial charge in [-0.1, -0.05) is 15.9 Å². The minimum atomic E-state index is -1.18. The van der Waals surface area contributed by atoms with Crippen molar-refractivity contribution in [2.45, 2.75) is 6.54 Å². The second-order valence-electron chi connectivity index (χ2n) is 3.91. The lowest BCUT2D eigenvalue weighted by molar-refractivity contribution is 0.0660. The van der Waals surface area contributed by atoms with Gasteiger partial charge in [0, 0.05) is 10.0 Å². The molecule has 2 rings (SSSR count). The van der Waals surface area contributed by atoms with Gasteiger partial charge in [0.25, 0.3) is 5.91 Å². The topological polar surface area (TPSA) is 79.5 Å². The quantitative estimate of drug-likeness (QED) is 0.896. The predicted octanol–water partition coefficient (Wildman–Crippen LogP) is 2.81. The van der Waals surface area contributed by atoms with E-state index >= 15 is 0 Å². The fourth-order valence-corrected chi connectivity index (χ4v) is 2.01. The Bertz CT molecular complexity index is 648. The van der Waals surface area contributed by atoms with Crippen LogP contribution in [0.5, 0.6) is 0 Å². The summed E-state index contributed by atoms with van der Waals surface area (Å²) in [5, 5.41) is 11.2. The van der Waals surface area contributed by atoms with Crippen LogP contribution in [0.15, 0.2) is 39.2 Å². The molecule has 5 nitrogen and oxygen atoms in total. The molecular weight excluding hydrogens is 333 g/mol. The molecule has 0 radical (unpaired) electrons. The summed E-state index contributed by atoms with van der Waals surface area (Å²) in [6.07, 6.45) is 0. The number of carbonyl (C=O) groups excluding carboxylic acids is 1. The number of rotatable bonds is 4. The van der Waals surface area contributed by atoms with E-state index in [0.717, 1.165) is 6.07 Å². The van der Waals surface area contributed by atoms with E-state index in [1.54, 1.807) is 0 Å². The molecule has 7 heteroatoms. The third-order valence-corrected chi connectivity index (χ3v) is 2.88. The maximum absolute atomic E-state index is 13.1. The van der Waals surface area contributed by atoms with Gasteiger partial charge in [-0.2, -0.15) is 0 Å². The highest BCUT2D eigenvalue weighted by Crippen LogP contribution is 2.15. The van der Waals surface area contributed by atoms with Gasteiger partial charge in [0.1, 0.15) is 11.6 Å². The van der Waals surface area contributed by atoms with Crippen LogP contribution in [0.4, 0.5) is 4.39 Å². The number of furan rings is 1. The van der Waals surface area contributed by atoms with Crippen molar-refractivity contribution in [3.63, 3.8) is 0 Å². The number of hydrogen-bond donors (Lipinski definition) is 2. The van der Waals surface area contributed by atoms with E-state index in [-0.39, 0.29) is 17.9 Å². The highest BCUT2D eigenvalue weighted by molar-refractivity contribution is 9.10. The average Bonchev–Trinajstić information content (AvgIpc) is 2.83. The number of carboxylic acids is 1. The lowest BCUT2D eigenvalue weighted by Crippen LogP contribution is -2.22. The van der Waals surface area contributed by atoms with Crippen LogP contribution in [0, 0.1) is 5.82 Å². The fourth-order valence-electron chi connectivity index (χ4n) is 1.54. The molecule has 0 aliphatic carbocycles. The monoisotopic (exact) mass is 341 g/mol. The van der Waals surface area contributed by atoms with Gasteiger partial charge < -0.3 is 14.8 Å². The lowest BCUT2D eigenvalue weighted by Gasteiger charge is -2.04.